The number of hydrogen-bond donors (Lipinski definition) is 10. The minimum atomic E-state index is -1.60. The fraction of sp³-hybridized carbons (Fsp3) is 0.952. The molecule has 0 bridgehead atoms. The molecule has 2 heterocycles. The molecule has 20 atom stereocenters. The summed E-state index contributed by atoms with van der Waals surface area (Å²) < 4.78 is 24.8. The van der Waals surface area contributed by atoms with Crippen LogP contribution in [0.2, 0.25) is 0 Å². The molecule has 0 aromatic heterocycles. The summed E-state index contributed by atoms with van der Waals surface area (Å²) in [5.74, 6) is -0.0751. The van der Waals surface area contributed by atoms with Crippen LogP contribution in [0.15, 0.2) is 12.2 Å². The van der Waals surface area contributed by atoms with E-state index < -0.39 is 97.3 Å². The summed E-state index contributed by atoms with van der Waals surface area (Å²) >= 11 is 0. The van der Waals surface area contributed by atoms with Gasteiger partial charge in [0.2, 0.25) is 0 Å². The number of aliphatic hydroxyl groups excluding tert-OH is 9. The fourth-order valence-electron chi connectivity index (χ4n) is 13.3. The molecule has 4 aliphatic carbocycles. The van der Waals surface area contributed by atoms with Crippen molar-refractivity contribution in [3.8, 4) is 0 Å². The van der Waals surface area contributed by atoms with E-state index in [4.69, 9.17) is 18.9 Å². The number of fused-ring (bicyclic) bond motifs is 5. The van der Waals surface area contributed by atoms with Crippen LogP contribution in [-0.2, 0) is 18.9 Å². The van der Waals surface area contributed by atoms with Crippen LogP contribution in [0.5, 0.6) is 0 Å². The molecule has 20 unspecified atom stereocenters. The van der Waals surface area contributed by atoms with Crippen molar-refractivity contribution in [3.05, 3.63) is 12.2 Å². The molecule has 0 amide bonds. The van der Waals surface area contributed by atoms with E-state index in [9.17, 15) is 51.1 Å². The Labute approximate surface area is 331 Å². The van der Waals surface area contributed by atoms with Crippen LogP contribution < -0.4 is 0 Å². The predicted molar refractivity (Wildman–Crippen MR) is 202 cm³/mol. The Balaban J connectivity index is 1.27. The molecule has 0 aromatic rings. The molecule has 2 aliphatic heterocycles. The van der Waals surface area contributed by atoms with Crippen LogP contribution in [0.25, 0.3) is 0 Å². The smallest absolute Gasteiger partial charge is 0.187 e. The zero-order chi connectivity index (χ0) is 41.6. The number of ether oxygens (including phenoxy) is 4. The van der Waals surface area contributed by atoms with E-state index in [1.54, 1.807) is 19.9 Å². The molecular formula is C42H72O14. The van der Waals surface area contributed by atoms with E-state index in [-0.39, 0.29) is 46.0 Å². The van der Waals surface area contributed by atoms with Gasteiger partial charge in [-0.25, -0.2) is 0 Å². The van der Waals surface area contributed by atoms with Gasteiger partial charge in [-0.2, -0.15) is 0 Å². The third kappa shape index (κ3) is 7.26. The van der Waals surface area contributed by atoms with Crippen LogP contribution in [0.1, 0.15) is 107 Å². The second-order valence-electron chi connectivity index (χ2n) is 20.5. The summed E-state index contributed by atoms with van der Waals surface area (Å²) in [4.78, 5) is 0. The normalized spacial score (nSPS) is 51.9. The summed E-state index contributed by atoms with van der Waals surface area (Å²) in [6, 6.07) is 0. The van der Waals surface area contributed by atoms with Gasteiger partial charge in [-0.3, -0.25) is 0 Å². The first-order valence-electron chi connectivity index (χ1n) is 20.9. The molecule has 6 rings (SSSR count). The molecule has 0 radical (unpaired) electrons. The standard InChI is InChI=1S/C42H72O14/c1-37(2,52)13-9-14-42(8,56-36-34(51)32(49)30(47)24(20-44)54-36)21-10-16-41(7)28(21)22(45)18-26-39(5)15-12-27(38(3,4)25(39)11-17-40(26,41)6)55-35-33(50)31(48)29(46)23(19-43)53-35/h9,13,21-36,43-52H,10-12,14-20H2,1-8H3/b13-9+. The third-order valence-electron chi connectivity index (χ3n) is 16.5. The average molecular weight is 801 g/mol. The average Bonchev–Trinajstić information content (AvgIpc) is 3.50. The first kappa shape index (κ1) is 44.7. The van der Waals surface area contributed by atoms with Crippen molar-refractivity contribution in [3.63, 3.8) is 0 Å². The maximum atomic E-state index is 12.5. The van der Waals surface area contributed by atoms with Crippen LogP contribution in [0.3, 0.4) is 0 Å². The lowest BCUT2D eigenvalue weighted by atomic mass is 9.35. The van der Waals surface area contributed by atoms with Gasteiger partial charge in [0, 0.05) is 0 Å². The molecule has 0 spiro atoms. The Morgan fingerprint density at radius 1 is 0.679 bits per heavy atom. The number of rotatable bonds is 10. The Hall–Kier alpha value is -0.820. The molecule has 2 saturated heterocycles. The summed E-state index contributed by atoms with van der Waals surface area (Å²) in [6.07, 6.45) is -5.76. The van der Waals surface area contributed by atoms with Crippen molar-refractivity contribution in [2.45, 2.75) is 192 Å². The monoisotopic (exact) mass is 800 g/mol. The molecule has 10 N–H and O–H groups in total. The van der Waals surface area contributed by atoms with Gasteiger partial charge in [-0.1, -0.05) is 46.8 Å². The van der Waals surface area contributed by atoms with Gasteiger partial charge in [0.15, 0.2) is 12.6 Å². The van der Waals surface area contributed by atoms with E-state index >= 15 is 0 Å². The maximum Gasteiger partial charge on any atom is 0.187 e. The van der Waals surface area contributed by atoms with Crippen LogP contribution in [0.4, 0.5) is 0 Å². The van der Waals surface area contributed by atoms with Crippen LogP contribution in [-0.4, -0.2) is 149 Å². The lowest BCUT2D eigenvalue weighted by molar-refractivity contribution is -0.337. The summed E-state index contributed by atoms with van der Waals surface area (Å²) in [5.41, 5.74) is -3.21. The molecule has 14 heteroatoms. The van der Waals surface area contributed by atoms with Gasteiger partial charge in [0.05, 0.1) is 36.6 Å². The highest BCUT2D eigenvalue weighted by molar-refractivity contribution is 5.21. The molecule has 6 aliphatic rings. The van der Waals surface area contributed by atoms with Crippen LogP contribution >= 0.6 is 0 Å². The Bertz CT molecular complexity index is 1400. The summed E-state index contributed by atoms with van der Waals surface area (Å²) in [7, 11) is 0. The Morgan fingerprint density at radius 3 is 1.80 bits per heavy atom. The molecule has 56 heavy (non-hydrogen) atoms. The second-order valence-corrected chi connectivity index (χ2v) is 20.5. The Morgan fingerprint density at radius 2 is 1.23 bits per heavy atom. The van der Waals surface area contributed by atoms with Gasteiger partial charge >= 0.3 is 0 Å². The maximum absolute atomic E-state index is 12.5. The van der Waals surface area contributed by atoms with Crippen molar-refractivity contribution < 1.29 is 70.0 Å². The minimum Gasteiger partial charge on any atom is -0.394 e. The SMILES string of the molecule is CC(C)(O)/C=C/CC(C)(OC1OC(CO)C(O)C(O)C1O)C1CCC2(C)C1C(O)CC1C3(C)CCC(OC4OC(CO)C(O)C(O)C4O)C(C)(C)C3CCC12C. The third-order valence-corrected chi connectivity index (χ3v) is 16.5. The highest BCUT2D eigenvalue weighted by Gasteiger charge is 2.72. The molecule has 4 saturated carbocycles. The van der Waals surface area contributed by atoms with Crippen molar-refractivity contribution in [2.24, 2.45) is 45.3 Å². The lowest BCUT2D eigenvalue weighted by Crippen LogP contribution is -2.67. The van der Waals surface area contributed by atoms with Gasteiger partial charge in [-0.15, -0.1) is 0 Å². The first-order valence-corrected chi connectivity index (χ1v) is 20.9. The van der Waals surface area contributed by atoms with E-state index in [0.717, 1.165) is 25.7 Å². The fourth-order valence-corrected chi connectivity index (χ4v) is 13.3. The Kier molecular flexibility index (Phi) is 12.4. The zero-order valence-corrected chi connectivity index (χ0v) is 34.6. The summed E-state index contributed by atoms with van der Waals surface area (Å²) in [6.45, 7) is 15.6. The lowest BCUT2D eigenvalue weighted by Gasteiger charge is -2.71. The van der Waals surface area contributed by atoms with E-state index in [1.807, 2.05) is 13.0 Å². The molecule has 0 aromatic carbocycles. The van der Waals surface area contributed by atoms with Gasteiger partial charge < -0.3 is 70.0 Å². The van der Waals surface area contributed by atoms with Gasteiger partial charge in [0.1, 0.15) is 48.8 Å². The highest BCUT2D eigenvalue weighted by Crippen LogP contribution is 2.76. The molecule has 6 fully saturated rings. The molecular weight excluding hydrogens is 728 g/mol. The van der Waals surface area contributed by atoms with Crippen molar-refractivity contribution in [1.29, 1.82) is 0 Å². The quantitative estimate of drug-likeness (QED) is 0.110. The largest absolute Gasteiger partial charge is 0.394 e. The van der Waals surface area contributed by atoms with E-state index in [1.165, 1.54) is 0 Å². The molecule has 324 valence electrons. The van der Waals surface area contributed by atoms with Crippen LogP contribution in [0, 0.1) is 45.3 Å². The highest BCUT2D eigenvalue weighted by atomic mass is 16.7. The second kappa shape index (κ2) is 15.6. The zero-order valence-electron chi connectivity index (χ0n) is 34.6. The first-order chi connectivity index (χ1) is 25.9. The number of hydrogen-bond acceptors (Lipinski definition) is 14. The van der Waals surface area contributed by atoms with Crippen molar-refractivity contribution in [2.75, 3.05) is 13.2 Å². The number of aliphatic hydroxyl groups is 10. The van der Waals surface area contributed by atoms with Gasteiger partial charge in [-0.05, 0) is 117 Å². The van der Waals surface area contributed by atoms with Crippen molar-refractivity contribution >= 4 is 0 Å². The minimum absolute atomic E-state index is 0.156. The molecule has 14 nitrogen and oxygen atoms in total. The van der Waals surface area contributed by atoms with Gasteiger partial charge in [0.25, 0.3) is 0 Å². The van der Waals surface area contributed by atoms with E-state index in [2.05, 4.69) is 34.6 Å². The predicted octanol–water partition coefficient (Wildman–Crippen LogP) is 1.12. The van der Waals surface area contributed by atoms with E-state index in [0.29, 0.717) is 25.7 Å². The summed E-state index contributed by atoms with van der Waals surface area (Å²) in [5, 5.41) is 106. The van der Waals surface area contributed by atoms with Crippen molar-refractivity contribution in [1.82, 2.24) is 0 Å². The topological polar surface area (TPSA) is 239 Å².